The molecule has 0 bridgehead atoms. The Morgan fingerprint density at radius 3 is 2.74 bits per heavy atom. The van der Waals surface area contributed by atoms with Crippen LogP contribution in [0, 0.1) is 0 Å². The SMILES string of the molecule is CCN(Cc1ccccc1OC(F)F)C1CCN(c2ncccc2C(=O)OC(C)C)C1. The molecule has 1 aromatic heterocycles. The number of likely N-dealkylation sites (N-methyl/N-ethyl adjacent to an activating group) is 1. The van der Waals surface area contributed by atoms with Crippen LogP contribution in [-0.4, -0.2) is 54.2 Å². The summed E-state index contributed by atoms with van der Waals surface area (Å²) in [4.78, 5) is 21.3. The van der Waals surface area contributed by atoms with Crippen LogP contribution in [0.5, 0.6) is 5.75 Å². The molecular weight excluding hydrogens is 404 g/mol. The molecule has 31 heavy (non-hydrogen) atoms. The lowest BCUT2D eigenvalue weighted by atomic mass is 10.1. The molecule has 3 rings (SSSR count). The fourth-order valence-corrected chi connectivity index (χ4v) is 3.88. The van der Waals surface area contributed by atoms with Crippen LogP contribution in [0.1, 0.15) is 43.1 Å². The van der Waals surface area contributed by atoms with E-state index in [0.29, 0.717) is 24.5 Å². The highest BCUT2D eigenvalue weighted by molar-refractivity contribution is 5.94. The van der Waals surface area contributed by atoms with E-state index in [2.05, 4.69) is 19.5 Å². The van der Waals surface area contributed by atoms with Crippen molar-refractivity contribution in [2.75, 3.05) is 24.5 Å². The van der Waals surface area contributed by atoms with Crippen molar-refractivity contribution in [1.82, 2.24) is 9.88 Å². The molecule has 0 amide bonds. The second-order valence-electron chi connectivity index (χ2n) is 7.77. The van der Waals surface area contributed by atoms with Gasteiger partial charge in [-0.05, 0) is 45.0 Å². The van der Waals surface area contributed by atoms with Crippen LogP contribution in [0.15, 0.2) is 42.6 Å². The number of para-hydroxylation sites is 1. The van der Waals surface area contributed by atoms with Crippen molar-refractivity contribution in [1.29, 1.82) is 0 Å². The molecular formula is C23H29F2N3O3. The van der Waals surface area contributed by atoms with Gasteiger partial charge in [-0.2, -0.15) is 8.78 Å². The first-order valence-corrected chi connectivity index (χ1v) is 10.6. The number of hydrogen-bond donors (Lipinski definition) is 0. The van der Waals surface area contributed by atoms with E-state index in [0.717, 1.165) is 25.1 Å². The van der Waals surface area contributed by atoms with Crippen molar-refractivity contribution in [2.24, 2.45) is 0 Å². The van der Waals surface area contributed by atoms with Crippen LogP contribution in [0.3, 0.4) is 0 Å². The number of halogens is 2. The van der Waals surface area contributed by atoms with E-state index >= 15 is 0 Å². The normalized spacial score (nSPS) is 16.4. The standard InChI is InChI=1S/C23H29F2N3O3/c1-4-27(14-17-8-5-6-10-20(17)31-23(24)25)18-11-13-28(15-18)21-19(9-7-12-26-21)22(29)30-16(2)3/h5-10,12,16,18,23H,4,11,13-15H2,1-3H3. The summed E-state index contributed by atoms with van der Waals surface area (Å²) in [6.45, 7) is 5.51. The Labute approximate surface area is 181 Å². The molecule has 2 aromatic rings. The predicted octanol–water partition coefficient (Wildman–Crippen LogP) is 4.35. The molecule has 0 N–H and O–H groups in total. The number of hydrogen-bond acceptors (Lipinski definition) is 6. The Morgan fingerprint density at radius 2 is 2.03 bits per heavy atom. The molecule has 168 valence electrons. The van der Waals surface area contributed by atoms with Gasteiger partial charge in [-0.1, -0.05) is 25.1 Å². The van der Waals surface area contributed by atoms with Crippen LogP contribution >= 0.6 is 0 Å². The maximum Gasteiger partial charge on any atom is 0.387 e. The van der Waals surface area contributed by atoms with Crippen molar-refractivity contribution in [2.45, 2.75) is 52.5 Å². The molecule has 1 saturated heterocycles. The molecule has 1 unspecified atom stereocenters. The third-order valence-electron chi connectivity index (χ3n) is 5.30. The predicted molar refractivity (Wildman–Crippen MR) is 115 cm³/mol. The molecule has 0 spiro atoms. The van der Waals surface area contributed by atoms with E-state index in [-0.39, 0.29) is 23.9 Å². The number of benzene rings is 1. The minimum Gasteiger partial charge on any atom is -0.459 e. The summed E-state index contributed by atoms with van der Waals surface area (Å²) >= 11 is 0. The number of pyridine rings is 1. The topological polar surface area (TPSA) is 54.9 Å². The Morgan fingerprint density at radius 1 is 1.26 bits per heavy atom. The summed E-state index contributed by atoms with van der Waals surface area (Å²) < 4.78 is 35.6. The molecule has 1 aromatic carbocycles. The van der Waals surface area contributed by atoms with Crippen molar-refractivity contribution in [3.05, 3.63) is 53.7 Å². The second kappa shape index (κ2) is 10.5. The van der Waals surface area contributed by atoms with Gasteiger partial charge in [0.15, 0.2) is 0 Å². The fourth-order valence-electron chi connectivity index (χ4n) is 3.88. The molecule has 1 fully saturated rings. The lowest BCUT2D eigenvalue weighted by Gasteiger charge is -2.29. The van der Waals surface area contributed by atoms with E-state index in [1.807, 2.05) is 32.9 Å². The second-order valence-corrected chi connectivity index (χ2v) is 7.77. The third-order valence-corrected chi connectivity index (χ3v) is 5.30. The minimum absolute atomic E-state index is 0.195. The van der Waals surface area contributed by atoms with Gasteiger partial charge >= 0.3 is 12.6 Å². The Balaban J connectivity index is 1.73. The smallest absolute Gasteiger partial charge is 0.387 e. The zero-order valence-corrected chi connectivity index (χ0v) is 18.1. The molecule has 8 heteroatoms. The molecule has 6 nitrogen and oxygen atoms in total. The van der Waals surface area contributed by atoms with Gasteiger partial charge in [0.25, 0.3) is 0 Å². The van der Waals surface area contributed by atoms with Gasteiger partial charge in [0.05, 0.1) is 6.10 Å². The number of anilines is 1. The first kappa shape index (κ1) is 22.9. The maximum absolute atomic E-state index is 12.8. The number of carbonyl (C=O) groups excluding carboxylic acids is 1. The number of alkyl halides is 2. The zero-order valence-electron chi connectivity index (χ0n) is 18.1. The highest BCUT2D eigenvalue weighted by Gasteiger charge is 2.31. The zero-order chi connectivity index (χ0) is 22.4. The largest absolute Gasteiger partial charge is 0.459 e. The molecule has 1 atom stereocenters. The summed E-state index contributed by atoms with van der Waals surface area (Å²) in [5.41, 5.74) is 1.18. The van der Waals surface area contributed by atoms with Gasteiger partial charge in [0, 0.05) is 37.4 Å². The summed E-state index contributed by atoms with van der Waals surface area (Å²) in [6.07, 6.45) is 2.34. The molecule has 1 aliphatic heterocycles. The minimum atomic E-state index is -2.86. The number of esters is 1. The van der Waals surface area contributed by atoms with E-state index < -0.39 is 6.61 Å². The number of ether oxygens (including phenoxy) is 2. The Hall–Kier alpha value is -2.74. The third kappa shape index (κ3) is 5.91. The van der Waals surface area contributed by atoms with Gasteiger partial charge < -0.3 is 14.4 Å². The molecule has 1 aliphatic rings. The van der Waals surface area contributed by atoms with E-state index in [1.165, 1.54) is 0 Å². The van der Waals surface area contributed by atoms with E-state index in [9.17, 15) is 13.6 Å². The lowest BCUT2D eigenvalue weighted by molar-refractivity contribution is -0.0508. The van der Waals surface area contributed by atoms with Crippen LogP contribution < -0.4 is 9.64 Å². The van der Waals surface area contributed by atoms with Crippen LogP contribution in [0.4, 0.5) is 14.6 Å². The van der Waals surface area contributed by atoms with Crippen LogP contribution in [0.2, 0.25) is 0 Å². The highest BCUT2D eigenvalue weighted by atomic mass is 19.3. The van der Waals surface area contributed by atoms with Gasteiger partial charge in [-0.3, -0.25) is 4.90 Å². The summed E-state index contributed by atoms with van der Waals surface area (Å²) in [5, 5.41) is 0. The number of aromatic nitrogens is 1. The van der Waals surface area contributed by atoms with Crippen molar-refractivity contribution < 1.29 is 23.0 Å². The first-order valence-electron chi connectivity index (χ1n) is 10.6. The van der Waals surface area contributed by atoms with Crippen LogP contribution in [-0.2, 0) is 11.3 Å². The quantitative estimate of drug-likeness (QED) is 0.548. The summed E-state index contributed by atoms with van der Waals surface area (Å²) in [5.74, 6) is 0.439. The van der Waals surface area contributed by atoms with E-state index in [1.54, 1.807) is 30.5 Å². The van der Waals surface area contributed by atoms with Crippen molar-refractivity contribution in [3.8, 4) is 5.75 Å². The van der Waals surface area contributed by atoms with Crippen molar-refractivity contribution in [3.63, 3.8) is 0 Å². The number of rotatable bonds is 9. The lowest BCUT2D eigenvalue weighted by Crippen LogP contribution is -2.37. The van der Waals surface area contributed by atoms with Gasteiger partial charge in [-0.15, -0.1) is 0 Å². The average Bonchev–Trinajstić information content (AvgIpc) is 3.22. The molecule has 0 radical (unpaired) electrons. The number of nitrogens with zero attached hydrogens (tertiary/aromatic N) is 3. The van der Waals surface area contributed by atoms with Crippen molar-refractivity contribution >= 4 is 11.8 Å². The molecule has 0 saturated carbocycles. The highest BCUT2D eigenvalue weighted by Crippen LogP contribution is 2.28. The molecule has 0 aliphatic carbocycles. The average molecular weight is 433 g/mol. The molecule has 2 heterocycles. The van der Waals surface area contributed by atoms with Crippen LogP contribution in [0.25, 0.3) is 0 Å². The number of carbonyl (C=O) groups is 1. The summed E-state index contributed by atoms with van der Waals surface area (Å²) in [6, 6.07) is 10.5. The maximum atomic E-state index is 12.8. The monoisotopic (exact) mass is 433 g/mol. The van der Waals surface area contributed by atoms with Gasteiger partial charge in [0.1, 0.15) is 17.1 Å². The van der Waals surface area contributed by atoms with Gasteiger partial charge in [-0.25, -0.2) is 9.78 Å². The van der Waals surface area contributed by atoms with Gasteiger partial charge in [0.2, 0.25) is 0 Å². The first-order chi connectivity index (χ1) is 14.9. The van der Waals surface area contributed by atoms with E-state index in [4.69, 9.17) is 4.74 Å². The fraction of sp³-hybridized carbons (Fsp3) is 0.478. The summed E-state index contributed by atoms with van der Waals surface area (Å²) in [7, 11) is 0. The Kier molecular flexibility index (Phi) is 7.79. The Bertz CT molecular complexity index is 879.